The van der Waals surface area contributed by atoms with Crippen molar-refractivity contribution in [1.82, 2.24) is 10.3 Å². The Bertz CT molecular complexity index is 336. The van der Waals surface area contributed by atoms with E-state index in [2.05, 4.69) is 39.7 Å². The first-order valence-electron chi connectivity index (χ1n) is 5.07. The molecule has 0 saturated carbocycles. The van der Waals surface area contributed by atoms with Gasteiger partial charge in [0, 0.05) is 10.7 Å². The first kappa shape index (κ1) is 12.4. The van der Waals surface area contributed by atoms with Crippen LogP contribution in [0, 0.1) is 0 Å². The molecule has 82 valence electrons. The topological polar surface area (TPSA) is 24.9 Å². The van der Waals surface area contributed by atoms with Gasteiger partial charge in [0.1, 0.15) is 0 Å². The van der Waals surface area contributed by atoms with Gasteiger partial charge in [0.2, 0.25) is 0 Å². The van der Waals surface area contributed by atoms with Crippen LogP contribution in [0.4, 0.5) is 0 Å². The molecule has 1 atom stereocenters. The molecule has 1 heterocycles. The van der Waals surface area contributed by atoms with Crippen molar-refractivity contribution in [2.75, 3.05) is 7.05 Å². The van der Waals surface area contributed by atoms with Gasteiger partial charge in [-0.2, -0.15) is 0 Å². The molecule has 0 spiro atoms. The van der Waals surface area contributed by atoms with E-state index in [4.69, 9.17) is 0 Å². The number of hydrogen-bond acceptors (Lipinski definition) is 2. The largest absolute Gasteiger partial charge is 0.312 e. The van der Waals surface area contributed by atoms with E-state index in [1.165, 1.54) is 5.57 Å². The van der Waals surface area contributed by atoms with Crippen LogP contribution in [0.15, 0.2) is 35.0 Å². The maximum Gasteiger partial charge on any atom is 0.0714 e. The van der Waals surface area contributed by atoms with Crippen LogP contribution in [-0.4, -0.2) is 12.0 Å². The second-order valence-corrected chi connectivity index (χ2v) is 4.56. The summed E-state index contributed by atoms with van der Waals surface area (Å²) in [6.07, 6.45) is 3.88. The molecule has 1 N–H and O–H groups in total. The molecule has 0 aromatic carbocycles. The predicted octanol–water partition coefficient (Wildman–Crippen LogP) is 3.46. The van der Waals surface area contributed by atoms with Crippen LogP contribution in [-0.2, 0) is 0 Å². The van der Waals surface area contributed by atoms with Gasteiger partial charge in [-0.25, -0.2) is 0 Å². The lowest BCUT2D eigenvalue weighted by Crippen LogP contribution is -2.18. The van der Waals surface area contributed by atoms with Crippen molar-refractivity contribution in [1.29, 1.82) is 0 Å². The number of pyridine rings is 1. The average molecular weight is 269 g/mol. The average Bonchev–Trinajstić information content (AvgIpc) is 2.21. The monoisotopic (exact) mass is 268 g/mol. The lowest BCUT2D eigenvalue weighted by Gasteiger charge is -2.16. The molecule has 0 bridgehead atoms. The van der Waals surface area contributed by atoms with E-state index in [9.17, 15) is 0 Å². The molecular formula is C12H17BrN2. The summed E-state index contributed by atoms with van der Waals surface area (Å²) >= 11 is 3.52. The van der Waals surface area contributed by atoms with Crippen LogP contribution in [0.2, 0.25) is 0 Å². The fourth-order valence-electron chi connectivity index (χ4n) is 1.46. The lowest BCUT2D eigenvalue weighted by molar-refractivity contribution is 0.533. The highest BCUT2D eigenvalue weighted by Gasteiger charge is 2.13. The number of rotatable bonds is 5. The summed E-state index contributed by atoms with van der Waals surface area (Å²) in [5, 5.41) is 3.28. The second kappa shape index (κ2) is 6.03. The Kier molecular flexibility index (Phi) is 4.99. The van der Waals surface area contributed by atoms with Crippen LogP contribution in [0.25, 0.3) is 0 Å². The van der Waals surface area contributed by atoms with Crippen molar-refractivity contribution in [3.63, 3.8) is 0 Å². The van der Waals surface area contributed by atoms with Crippen molar-refractivity contribution >= 4 is 15.9 Å². The third kappa shape index (κ3) is 3.76. The summed E-state index contributed by atoms with van der Waals surface area (Å²) in [7, 11) is 1.96. The second-order valence-electron chi connectivity index (χ2n) is 3.71. The van der Waals surface area contributed by atoms with E-state index in [1.807, 2.05) is 25.4 Å². The van der Waals surface area contributed by atoms with Gasteiger partial charge in [-0.3, -0.25) is 4.98 Å². The third-order valence-electron chi connectivity index (χ3n) is 2.33. The molecule has 0 aliphatic heterocycles. The Balaban J connectivity index is 2.74. The fourth-order valence-corrected chi connectivity index (χ4v) is 1.99. The summed E-state index contributed by atoms with van der Waals surface area (Å²) in [5.74, 6) is 0. The van der Waals surface area contributed by atoms with Crippen LogP contribution in [0.3, 0.4) is 0 Å². The highest BCUT2D eigenvalue weighted by molar-refractivity contribution is 9.10. The Hall–Kier alpha value is -0.670. The first-order chi connectivity index (χ1) is 7.15. The van der Waals surface area contributed by atoms with E-state index in [-0.39, 0.29) is 6.04 Å². The standard InChI is InChI=1S/C12H17BrN2/c1-9(2)6-7-11(14-3)12-10(13)5-4-8-15-12/h4-5,8,11,14H,1,6-7H2,2-3H3. The number of hydrogen-bond donors (Lipinski definition) is 1. The number of allylic oxidation sites excluding steroid dienone is 1. The molecule has 1 aromatic rings. The van der Waals surface area contributed by atoms with Crippen molar-refractivity contribution in [2.24, 2.45) is 0 Å². The van der Waals surface area contributed by atoms with Crippen LogP contribution < -0.4 is 5.32 Å². The van der Waals surface area contributed by atoms with Gasteiger partial charge in [0.15, 0.2) is 0 Å². The molecule has 0 amide bonds. The van der Waals surface area contributed by atoms with Gasteiger partial charge >= 0.3 is 0 Å². The zero-order valence-corrected chi connectivity index (χ0v) is 10.8. The van der Waals surface area contributed by atoms with Gasteiger partial charge in [-0.1, -0.05) is 5.57 Å². The van der Waals surface area contributed by atoms with Crippen LogP contribution in [0.1, 0.15) is 31.5 Å². The fraction of sp³-hybridized carbons (Fsp3) is 0.417. The van der Waals surface area contributed by atoms with Crippen molar-refractivity contribution in [3.8, 4) is 0 Å². The molecule has 15 heavy (non-hydrogen) atoms. The number of nitrogens with zero attached hydrogens (tertiary/aromatic N) is 1. The molecule has 1 unspecified atom stereocenters. The van der Waals surface area contributed by atoms with Crippen molar-refractivity contribution in [2.45, 2.75) is 25.8 Å². The summed E-state index contributed by atoms with van der Waals surface area (Å²) in [5.41, 5.74) is 2.28. The van der Waals surface area contributed by atoms with Gasteiger partial charge in [0.25, 0.3) is 0 Å². The summed E-state index contributed by atoms with van der Waals surface area (Å²) in [6, 6.07) is 4.24. The van der Waals surface area contributed by atoms with Crippen molar-refractivity contribution < 1.29 is 0 Å². The summed E-state index contributed by atoms with van der Waals surface area (Å²) < 4.78 is 1.06. The van der Waals surface area contributed by atoms with E-state index in [1.54, 1.807) is 0 Å². The van der Waals surface area contributed by atoms with E-state index >= 15 is 0 Å². The smallest absolute Gasteiger partial charge is 0.0714 e. The summed E-state index contributed by atoms with van der Waals surface area (Å²) in [6.45, 7) is 5.97. The quantitative estimate of drug-likeness (QED) is 0.828. The molecule has 1 rings (SSSR count). The maximum absolute atomic E-state index is 4.39. The van der Waals surface area contributed by atoms with Crippen LogP contribution >= 0.6 is 15.9 Å². The Morgan fingerprint density at radius 3 is 2.93 bits per heavy atom. The lowest BCUT2D eigenvalue weighted by atomic mass is 10.0. The SMILES string of the molecule is C=C(C)CCC(NC)c1ncccc1Br. The molecule has 1 aromatic heterocycles. The maximum atomic E-state index is 4.39. The molecule has 0 radical (unpaired) electrons. The molecule has 0 fully saturated rings. The number of halogens is 1. The summed E-state index contributed by atoms with van der Waals surface area (Å²) in [4.78, 5) is 4.39. The van der Waals surface area contributed by atoms with Crippen LogP contribution in [0.5, 0.6) is 0 Å². The minimum atomic E-state index is 0.289. The van der Waals surface area contributed by atoms with E-state index < -0.39 is 0 Å². The minimum Gasteiger partial charge on any atom is -0.312 e. The Morgan fingerprint density at radius 2 is 2.40 bits per heavy atom. The highest BCUT2D eigenvalue weighted by Crippen LogP contribution is 2.24. The van der Waals surface area contributed by atoms with E-state index in [0.29, 0.717) is 0 Å². The molecule has 2 nitrogen and oxygen atoms in total. The van der Waals surface area contributed by atoms with Crippen molar-refractivity contribution in [3.05, 3.63) is 40.6 Å². The van der Waals surface area contributed by atoms with Gasteiger partial charge in [-0.15, -0.1) is 6.58 Å². The van der Waals surface area contributed by atoms with Gasteiger partial charge in [-0.05, 0) is 54.9 Å². The Labute approximate surface area is 99.9 Å². The predicted molar refractivity (Wildman–Crippen MR) is 67.8 cm³/mol. The molecule has 3 heteroatoms. The third-order valence-corrected chi connectivity index (χ3v) is 3.00. The minimum absolute atomic E-state index is 0.289. The van der Waals surface area contributed by atoms with Gasteiger partial charge < -0.3 is 5.32 Å². The number of nitrogens with one attached hydrogen (secondary N) is 1. The molecule has 0 aliphatic carbocycles. The normalized spacial score (nSPS) is 12.5. The molecular weight excluding hydrogens is 252 g/mol. The number of aromatic nitrogens is 1. The highest BCUT2D eigenvalue weighted by atomic mass is 79.9. The molecule has 0 saturated heterocycles. The Morgan fingerprint density at radius 1 is 1.67 bits per heavy atom. The first-order valence-corrected chi connectivity index (χ1v) is 5.86. The zero-order valence-electron chi connectivity index (χ0n) is 9.26. The van der Waals surface area contributed by atoms with Gasteiger partial charge in [0.05, 0.1) is 11.7 Å². The molecule has 0 aliphatic rings. The van der Waals surface area contributed by atoms with E-state index in [0.717, 1.165) is 23.0 Å². The zero-order chi connectivity index (χ0) is 11.3.